The number of pyridine rings is 1. The summed E-state index contributed by atoms with van der Waals surface area (Å²) in [4.78, 5) is 18.0. The molecule has 24 heavy (non-hydrogen) atoms. The smallest absolute Gasteiger partial charge is 0.269 e. The molecule has 2 aromatic rings. The van der Waals surface area contributed by atoms with E-state index in [1.165, 1.54) is 11.3 Å². The lowest BCUT2D eigenvalue weighted by Gasteiger charge is -2.28. The number of carbonyl (C=O) groups is 1. The van der Waals surface area contributed by atoms with Crippen LogP contribution in [0.2, 0.25) is 5.02 Å². The molecule has 0 radical (unpaired) electrons. The second-order valence-electron chi connectivity index (χ2n) is 5.50. The number of halogens is 1. The van der Waals surface area contributed by atoms with Gasteiger partial charge < -0.3 is 10.2 Å². The Morgan fingerprint density at radius 2 is 2.04 bits per heavy atom. The molecule has 1 aromatic carbocycles. The first-order valence-corrected chi connectivity index (χ1v) is 8.70. The van der Waals surface area contributed by atoms with E-state index in [9.17, 15) is 4.79 Å². The first-order valence-electron chi connectivity index (χ1n) is 8.32. The van der Waals surface area contributed by atoms with Crippen molar-refractivity contribution in [3.63, 3.8) is 0 Å². The van der Waals surface area contributed by atoms with Crippen LogP contribution < -0.4 is 10.2 Å². The van der Waals surface area contributed by atoms with Crippen LogP contribution in [-0.4, -0.2) is 31.5 Å². The maximum absolute atomic E-state index is 11.6. The molecular formula is C19H24ClN3O. The van der Waals surface area contributed by atoms with Crippen LogP contribution in [0.3, 0.4) is 0 Å². The van der Waals surface area contributed by atoms with Gasteiger partial charge in [-0.2, -0.15) is 0 Å². The molecule has 0 aliphatic carbocycles. The summed E-state index contributed by atoms with van der Waals surface area (Å²) in [6.45, 7) is 5.06. The van der Waals surface area contributed by atoms with Crippen molar-refractivity contribution >= 4 is 23.2 Å². The largest absolute Gasteiger partial charge is 0.374 e. The summed E-state index contributed by atoms with van der Waals surface area (Å²) >= 11 is 6.46. The Kier molecular flexibility index (Phi) is 6.21. The summed E-state index contributed by atoms with van der Waals surface area (Å²) in [5.74, 6) is -0.190. The second-order valence-corrected chi connectivity index (χ2v) is 5.90. The Morgan fingerprint density at radius 3 is 2.67 bits per heavy atom. The number of nitrogens with one attached hydrogen (secondary N) is 1. The van der Waals surface area contributed by atoms with Gasteiger partial charge in [0.25, 0.3) is 5.91 Å². The summed E-state index contributed by atoms with van der Waals surface area (Å²) in [5, 5.41) is 3.27. The van der Waals surface area contributed by atoms with Gasteiger partial charge in [0, 0.05) is 43.7 Å². The van der Waals surface area contributed by atoms with Crippen molar-refractivity contribution in [1.29, 1.82) is 0 Å². The molecule has 5 heteroatoms. The number of fused-ring (bicyclic) bond motifs is 1. The Labute approximate surface area is 148 Å². The van der Waals surface area contributed by atoms with Crippen molar-refractivity contribution in [2.24, 2.45) is 0 Å². The fourth-order valence-corrected chi connectivity index (χ4v) is 3.09. The molecule has 1 aliphatic rings. The number of hydrogen-bond acceptors (Lipinski definition) is 3. The minimum Gasteiger partial charge on any atom is -0.374 e. The molecule has 1 N–H and O–H groups in total. The molecule has 0 saturated carbocycles. The average molecular weight is 346 g/mol. The summed E-state index contributed by atoms with van der Waals surface area (Å²) in [7, 11) is 3.68. The molecule has 1 aromatic heterocycles. The quantitative estimate of drug-likeness (QED) is 0.888. The number of carbonyl (C=O) groups excluding carboxylic acids is 1. The monoisotopic (exact) mass is 345 g/mol. The lowest BCUT2D eigenvalue weighted by molar-refractivity contribution is 0.0958. The van der Waals surface area contributed by atoms with Crippen molar-refractivity contribution in [3.8, 4) is 11.1 Å². The van der Waals surface area contributed by atoms with Crippen LogP contribution in [0.25, 0.3) is 11.1 Å². The van der Waals surface area contributed by atoms with Gasteiger partial charge >= 0.3 is 0 Å². The van der Waals surface area contributed by atoms with Crippen molar-refractivity contribution in [2.45, 2.75) is 26.7 Å². The number of amides is 1. The molecule has 0 unspecified atom stereocenters. The third kappa shape index (κ3) is 3.70. The fourth-order valence-electron chi connectivity index (χ4n) is 2.83. The van der Waals surface area contributed by atoms with E-state index in [4.69, 9.17) is 11.6 Å². The van der Waals surface area contributed by atoms with Crippen LogP contribution in [0.1, 0.15) is 36.3 Å². The molecule has 128 valence electrons. The van der Waals surface area contributed by atoms with Crippen molar-refractivity contribution in [3.05, 3.63) is 46.7 Å². The highest BCUT2D eigenvalue weighted by Crippen LogP contribution is 2.36. The van der Waals surface area contributed by atoms with E-state index in [0.29, 0.717) is 10.7 Å². The third-order valence-electron chi connectivity index (χ3n) is 4.05. The molecule has 2 heterocycles. The Bertz CT molecular complexity index is 713. The van der Waals surface area contributed by atoms with E-state index in [1.807, 2.05) is 26.0 Å². The molecule has 0 spiro atoms. The van der Waals surface area contributed by atoms with Crippen LogP contribution in [0.4, 0.5) is 5.69 Å². The lowest BCUT2D eigenvalue weighted by atomic mass is 9.97. The Morgan fingerprint density at radius 1 is 1.29 bits per heavy atom. The topological polar surface area (TPSA) is 45.2 Å². The number of nitrogens with zero attached hydrogens (tertiary/aromatic N) is 2. The van der Waals surface area contributed by atoms with Crippen LogP contribution in [0.15, 0.2) is 30.5 Å². The van der Waals surface area contributed by atoms with E-state index in [2.05, 4.69) is 28.3 Å². The highest BCUT2D eigenvalue weighted by molar-refractivity contribution is 6.33. The predicted octanol–water partition coefficient (Wildman–Crippen LogP) is 4.17. The molecule has 3 rings (SSSR count). The van der Waals surface area contributed by atoms with Gasteiger partial charge in [-0.3, -0.25) is 9.78 Å². The molecular weight excluding hydrogens is 322 g/mol. The van der Waals surface area contributed by atoms with Crippen molar-refractivity contribution < 1.29 is 4.79 Å². The van der Waals surface area contributed by atoms with E-state index in [-0.39, 0.29) is 5.91 Å². The van der Waals surface area contributed by atoms with E-state index in [1.54, 1.807) is 19.3 Å². The summed E-state index contributed by atoms with van der Waals surface area (Å²) in [5.41, 5.74) is 4.80. The molecule has 1 aliphatic heterocycles. The molecule has 1 amide bonds. The number of aromatic nitrogens is 1. The average Bonchev–Trinajstić information content (AvgIpc) is 2.63. The minimum absolute atomic E-state index is 0.190. The number of anilines is 1. The Hall–Kier alpha value is -2.07. The maximum Gasteiger partial charge on any atom is 0.269 e. The maximum atomic E-state index is 11.6. The number of aryl methyl sites for hydroxylation is 1. The van der Waals surface area contributed by atoms with Gasteiger partial charge in [-0.05, 0) is 36.6 Å². The first-order chi connectivity index (χ1) is 11.6. The lowest BCUT2D eigenvalue weighted by Crippen LogP contribution is -2.24. The zero-order valence-electron chi connectivity index (χ0n) is 14.7. The van der Waals surface area contributed by atoms with Gasteiger partial charge in [0.1, 0.15) is 5.69 Å². The Balaban J connectivity index is 0.00000100. The first kappa shape index (κ1) is 18.3. The van der Waals surface area contributed by atoms with Crippen LogP contribution in [0.5, 0.6) is 0 Å². The standard InChI is InChI=1S/C17H18ClN3O.C2H6/c1-19-17(22)15-6-5-12(10-20-15)13-8-11-4-3-7-21(2)16(11)9-14(13)18;1-2/h5-6,8-10H,3-4,7H2,1-2H3,(H,19,22);1-2H3. The van der Waals surface area contributed by atoms with Gasteiger partial charge in [0.05, 0.1) is 5.02 Å². The number of rotatable bonds is 2. The van der Waals surface area contributed by atoms with Crippen LogP contribution in [0, 0.1) is 0 Å². The summed E-state index contributed by atoms with van der Waals surface area (Å²) in [6, 6.07) is 7.77. The molecule has 0 atom stereocenters. The zero-order valence-corrected chi connectivity index (χ0v) is 15.4. The second kappa shape index (κ2) is 8.15. The van der Waals surface area contributed by atoms with Crippen molar-refractivity contribution in [2.75, 3.05) is 25.5 Å². The van der Waals surface area contributed by atoms with Crippen LogP contribution in [-0.2, 0) is 6.42 Å². The minimum atomic E-state index is -0.190. The SMILES string of the molecule is CC.CNC(=O)c1ccc(-c2cc3c(cc2Cl)N(C)CCC3)cn1. The fraction of sp³-hybridized carbons (Fsp3) is 0.368. The number of hydrogen-bond donors (Lipinski definition) is 1. The van der Waals surface area contributed by atoms with Gasteiger partial charge in [-0.25, -0.2) is 0 Å². The molecule has 4 nitrogen and oxygen atoms in total. The van der Waals surface area contributed by atoms with Crippen LogP contribution >= 0.6 is 11.6 Å². The highest BCUT2D eigenvalue weighted by Gasteiger charge is 2.17. The predicted molar refractivity (Wildman–Crippen MR) is 101 cm³/mol. The number of benzene rings is 1. The van der Waals surface area contributed by atoms with Gasteiger partial charge in [-0.1, -0.05) is 31.5 Å². The third-order valence-corrected chi connectivity index (χ3v) is 4.37. The van der Waals surface area contributed by atoms with Gasteiger partial charge in [-0.15, -0.1) is 0 Å². The summed E-state index contributed by atoms with van der Waals surface area (Å²) < 4.78 is 0. The molecule has 0 bridgehead atoms. The highest BCUT2D eigenvalue weighted by atomic mass is 35.5. The van der Waals surface area contributed by atoms with Crippen molar-refractivity contribution in [1.82, 2.24) is 10.3 Å². The van der Waals surface area contributed by atoms with Gasteiger partial charge in [0.2, 0.25) is 0 Å². The van der Waals surface area contributed by atoms with E-state index < -0.39 is 0 Å². The van der Waals surface area contributed by atoms with E-state index >= 15 is 0 Å². The summed E-state index contributed by atoms with van der Waals surface area (Å²) in [6.07, 6.45) is 3.91. The van der Waals surface area contributed by atoms with Gasteiger partial charge in [0.15, 0.2) is 0 Å². The zero-order chi connectivity index (χ0) is 17.7. The normalized spacial score (nSPS) is 12.8. The van der Waals surface area contributed by atoms with E-state index in [0.717, 1.165) is 30.5 Å². The molecule has 0 fully saturated rings. The molecule has 0 saturated heterocycles.